The second kappa shape index (κ2) is 6.67. The summed E-state index contributed by atoms with van der Waals surface area (Å²) in [4.78, 5) is 13.4. The van der Waals surface area contributed by atoms with Gasteiger partial charge in [0.1, 0.15) is 5.60 Å². The fourth-order valence-electron chi connectivity index (χ4n) is 3.15. The molecule has 2 heterocycles. The Morgan fingerprint density at radius 2 is 1.91 bits per heavy atom. The first-order valence-electron chi connectivity index (χ1n) is 7.31. The SMILES string of the molecule is Cl.O=C(c1ccc(F)c(F)c1F)N1CC(O)([C@@H]2CCCCN2)C1. The van der Waals surface area contributed by atoms with Crippen LogP contribution in [0.5, 0.6) is 0 Å². The van der Waals surface area contributed by atoms with Gasteiger partial charge in [0.05, 0.1) is 18.7 Å². The first-order chi connectivity index (χ1) is 10.4. The van der Waals surface area contributed by atoms with Crippen LogP contribution in [0.4, 0.5) is 13.2 Å². The Morgan fingerprint density at radius 1 is 1.22 bits per heavy atom. The quantitative estimate of drug-likeness (QED) is 0.800. The summed E-state index contributed by atoms with van der Waals surface area (Å²) in [7, 11) is 0. The number of aliphatic hydroxyl groups is 1. The number of amides is 1. The fraction of sp³-hybridized carbons (Fsp3) is 0.533. The zero-order valence-electron chi connectivity index (χ0n) is 12.3. The molecule has 128 valence electrons. The molecule has 2 saturated heterocycles. The molecule has 1 aromatic rings. The Hall–Kier alpha value is -1.31. The predicted octanol–water partition coefficient (Wildman–Crippen LogP) is 1.85. The summed E-state index contributed by atoms with van der Waals surface area (Å²) in [6.07, 6.45) is 2.87. The van der Waals surface area contributed by atoms with Gasteiger partial charge in [-0.15, -0.1) is 12.4 Å². The monoisotopic (exact) mass is 350 g/mol. The predicted molar refractivity (Wildman–Crippen MR) is 80.1 cm³/mol. The van der Waals surface area contributed by atoms with Gasteiger partial charge >= 0.3 is 0 Å². The molecule has 4 nitrogen and oxygen atoms in total. The van der Waals surface area contributed by atoms with Crippen molar-refractivity contribution in [2.24, 2.45) is 0 Å². The molecule has 0 aromatic heterocycles. The molecule has 0 spiro atoms. The van der Waals surface area contributed by atoms with Gasteiger partial charge < -0.3 is 15.3 Å². The molecule has 2 N–H and O–H groups in total. The van der Waals surface area contributed by atoms with Crippen molar-refractivity contribution < 1.29 is 23.1 Å². The van der Waals surface area contributed by atoms with E-state index in [0.717, 1.165) is 37.9 Å². The van der Waals surface area contributed by atoms with E-state index in [1.807, 2.05) is 0 Å². The van der Waals surface area contributed by atoms with Crippen molar-refractivity contribution in [3.63, 3.8) is 0 Å². The first-order valence-corrected chi connectivity index (χ1v) is 7.31. The molecule has 2 aliphatic rings. The Labute approximate surface area is 138 Å². The number of piperidine rings is 1. The number of β-amino-alcohol motifs (C(OH)–C–C–N with tert-alkyl or cyclic N) is 1. The first kappa shape index (κ1) is 18.0. The largest absolute Gasteiger partial charge is 0.385 e. The number of nitrogens with zero attached hydrogens (tertiary/aromatic N) is 1. The van der Waals surface area contributed by atoms with Crippen LogP contribution < -0.4 is 5.32 Å². The molecule has 3 rings (SSSR count). The molecule has 0 aliphatic carbocycles. The third kappa shape index (κ3) is 3.18. The van der Waals surface area contributed by atoms with Crippen LogP contribution in [0, 0.1) is 17.5 Å². The maximum atomic E-state index is 13.6. The minimum Gasteiger partial charge on any atom is -0.385 e. The van der Waals surface area contributed by atoms with E-state index in [1.54, 1.807) is 0 Å². The second-order valence-corrected chi connectivity index (χ2v) is 5.99. The number of halogens is 4. The van der Waals surface area contributed by atoms with E-state index in [0.29, 0.717) is 0 Å². The fourth-order valence-corrected chi connectivity index (χ4v) is 3.15. The topological polar surface area (TPSA) is 52.6 Å². The van der Waals surface area contributed by atoms with E-state index in [9.17, 15) is 23.1 Å². The zero-order valence-corrected chi connectivity index (χ0v) is 13.1. The minimum atomic E-state index is -1.66. The minimum absolute atomic E-state index is 0. The van der Waals surface area contributed by atoms with Crippen LogP contribution in [-0.2, 0) is 0 Å². The molecule has 0 radical (unpaired) electrons. The van der Waals surface area contributed by atoms with E-state index in [-0.39, 0.29) is 31.5 Å². The summed E-state index contributed by atoms with van der Waals surface area (Å²) >= 11 is 0. The lowest BCUT2D eigenvalue weighted by Gasteiger charge is -2.51. The van der Waals surface area contributed by atoms with Crippen molar-refractivity contribution in [1.82, 2.24) is 10.2 Å². The van der Waals surface area contributed by atoms with Gasteiger partial charge in [-0.05, 0) is 31.5 Å². The van der Waals surface area contributed by atoms with Crippen LogP contribution in [0.2, 0.25) is 0 Å². The van der Waals surface area contributed by atoms with Crippen molar-refractivity contribution in [2.75, 3.05) is 19.6 Å². The average molecular weight is 351 g/mol. The number of carbonyl (C=O) groups excluding carboxylic acids is 1. The van der Waals surface area contributed by atoms with Crippen LogP contribution in [0.3, 0.4) is 0 Å². The highest BCUT2D eigenvalue weighted by atomic mass is 35.5. The Morgan fingerprint density at radius 3 is 2.52 bits per heavy atom. The van der Waals surface area contributed by atoms with E-state index in [2.05, 4.69) is 5.32 Å². The summed E-state index contributed by atoms with van der Waals surface area (Å²) in [6.45, 7) is 0.933. The molecule has 0 unspecified atom stereocenters. The molecule has 0 saturated carbocycles. The molecule has 2 aliphatic heterocycles. The van der Waals surface area contributed by atoms with Crippen LogP contribution >= 0.6 is 12.4 Å². The third-order valence-corrected chi connectivity index (χ3v) is 4.44. The van der Waals surface area contributed by atoms with Gasteiger partial charge in [0.25, 0.3) is 5.91 Å². The standard InChI is InChI=1S/C15H17F3N2O2.ClH/c16-10-5-4-9(12(17)13(10)18)14(21)20-7-15(22,8-20)11-3-1-2-6-19-11;/h4-5,11,19,22H,1-3,6-8H2;1H/t11-;/m0./s1. The molecule has 0 bridgehead atoms. The number of likely N-dealkylation sites (tertiary alicyclic amines) is 1. The summed E-state index contributed by atoms with van der Waals surface area (Å²) < 4.78 is 39.7. The van der Waals surface area contributed by atoms with E-state index in [4.69, 9.17) is 0 Å². The average Bonchev–Trinajstić information content (AvgIpc) is 2.50. The highest BCUT2D eigenvalue weighted by Crippen LogP contribution is 2.30. The Kier molecular flexibility index (Phi) is 5.23. The molecule has 1 aromatic carbocycles. The molecule has 1 amide bonds. The van der Waals surface area contributed by atoms with Crippen LogP contribution in [-0.4, -0.2) is 47.2 Å². The maximum absolute atomic E-state index is 13.6. The maximum Gasteiger partial charge on any atom is 0.257 e. The summed E-state index contributed by atoms with van der Waals surface area (Å²) in [5.74, 6) is -5.22. The van der Waals surface area contributed by atoms with E-state index < -0.39 is 34.5 Å². The Bertz CT molecular complexity index is 603. The molecule has 1 atom stereocenters. The lowest BCUT2D eigenvalue weighted by Crippen LogP contribution is -2.72. The highest BCUT2D eigenvalue weighted by Gasteiger charge is 2.49. The molecule has 8 heteroatoms. The van der Waals surface area contributed by atoms with Gasteiger partial charge in [-0.3, -0.25) is 4.79 Å². The molecular formula is C15H18ClF3N2O2. The van der Waals surface area contributed by atoms with Gasteiger partial charge in [-0.25, -0.2) is 13.2 Å². The normalized spacial score (nSPS) is 23.0. The second-order valence-electron chi connectivity index (χ2n) is 5.99. The lowest BCUT2D eigenvalue weighted by molar-refractivity contribution is -0.108. The molecular weight excluding hydrogens is 333 g/mol. The van der Waals surface area contributed by atoms with Gasteiger partial charge in [0, 0.05) is 6.04 Å². The number of rotatable bonds is 2. The van der Waals surface area contributed by atoms with Gasteiger partial charge in [0.15, 0.2) is 17.5 Å². The lowest BCUT2D eigenvalue weighted by atomic mass is 9.81. The van der Waals surface area contributed by atoms with Gasteiger partial charge in [-0.1, -0.05) is 6.42 Å². The number of hydrogen-bond acceptors (Lipinski definition) is 3. The molecule has 23 heavy (non-hydrogen) atoms. The van der Waals surface area contributed by atoms with Crippen LogP contribution in [0.1, 0.15) is 29.6 Å². The number of hydrogen-bond donors (Lipinski definition) is 2. The molecule has 2 fully saturated rings. The van der Waals surface area contributed by atoms with Crippen molar-refractivity contribution >= 4 is 18.3 Å². The summed E-state index contributed by atoms with van der Waals surface area (Å²) in [6, 6.07) is 1.55. The van der Waals surface area contributed by atoms with Crippen molar-refractivity contribution in [3.8, 4) is 0 Å². The van der Waals surface area contributed by atoms with E-state index >= 15 is 0 Å². The number of benzene rings is 1. The van der Waals surface area contributed by atoms with Gasteiger partial charge in [0.2, 0.25) is 0 Å². The Balaban J connectivity index is 0.00000192. The van der Waals surface area contributed by atoms with Gasteiger partial charge in [-0.2, -0.15) is 0 Å². The van der Waals surface area contributed by atoms with E-state index in [1.165, 1.54) is 4.90 Å². The summed E-state index contributed by atoms with van der Waals surface area (Å²) in [5.41, 5.74) is -1.55. The van der Waals surface area contributed by atoms with Crippen LogP contribution in [0.25, 0.3) is 0 Å². The zero-order chi connectivity index (χ0) is 15.9. The number of carbonyl (C=O) groups is 1. The van der Waals surface area contributed by atoms with Crippen LogP contribution in [0.15, 0.2) is 12.1 Å². The summed E-state index contributed by atoms with van der Waals surface area (Å²) in [5, 5.41) is 13.7. The van der Waals surface area contributed by atoms with Crippen molar-refractivity contribution in [1.29, 1.82) is 0 Å². The van der Waals surface area contributed by atoms with Crippen molar-refractivity contribution in [2.45, 2.75) is 30.9 Å². The third-order valence-electron chi connectivity index (χ3n) is 4.44. The highest BCUT2D eigenvalue weighted by molar-refractivity contribution is 5.95. The smallest absolute Gasteiger partial charge is 0.257 e. The van der Waals surface area contributed by atoms with Crippen molar-refractivity contribution in [3.05, 3.63) is 35.1 Å². The number of nitrogens with one attached hydrogen (secondary N) is 1.